The predicted molar refractivity (Wildman–Crippen MR) is 88.0 cm³/mol. The van der Waals surface area contributed by atoms with Crippen molar-refractivity contribution < 1.29 is 4.39 Å². The molecule has 0 spiro atoms. The van der Waals surface area contributed by atoms with Crippen molar-refractivity contribution in [2.24, 2.45) is 0 Å². The van der Waals surface area contributed by atoms with E-state index in [0.717, 1.165) is 18.9 Å². The number of rotatable bonds is 5. The van der Waals surface area contributed by atoms with Crippen molar-refractivity contribution in [2.45, 2.75) is 0 Å². The lowest BCUT2D eigenvalue weighted by Gasteiger charge is -2.20. The van der Waals surface area contributed by atoms with E-state index < -0.39 is 0 Å². The summed E-state index contributed by atoms with van der Waals surface area (Å²) in [5, 5.41) is 12.7. The number of nitrogens with zero attached hydrogens (tertiary/aromatic N) is 6. The van der Waals surface area contributed by atoms with Crippen molar-refractivity contribution in [3.05, 3.63) is 42.2 Å². The Labute approximate surface area is 134 Å². The summed E-state index contributed by atoms with van der Waals surface area (Å²) in [6.07, 6.45) is 0. The van der Waals surface area contributed by atoms with Crippen LogP contribution in [0.25, 0.3) is 17.0 Å². The van der Waals surface area contributed by atoms with Crippen LogP contribution in [0.3, 0.4) is 0 Å². The molecular formula is C16H19FN6. The second-order valence-corrected chi connectivity index (χ2v) is 5.69. The van der Waals surface area contributed by atoms with E-state index in [-0.39, 0.29) is 5.82 Å². The number of likely N-dealkylation sites (N-methyl/N-ethyl adjacent to an activating group) is 2. The van der Waals surface area contributed by atoms with E-state index in [1.54, 1.807) is 22.7 Å². The predicted octanol–water partition coefficient (Wildman–Crippen LogP) is 1.93. The molecule has 23 heavy (non-hydrogen) atoms. The van der Waals surface area contributed by atoms with Gasteiger partial charge in [0.15, 0.2) is 11.5 Å². The van der Waals surface area contributed by atoms with Gasteiger partial charge in [0.2, 0.25) is 0 Å². The highest BCUT2D eigenvalue weighted by atomic mass is 19.1. The minimum absolute atomic E-state index is 0.338. The van der Waals surface area contributed by atoms with Gasteiger partial charge in [0.05, 0.1) is 5.56 Å². The van der Waals surface area contributed by atoms with Crippen molar-refractivity contribution in [1.82, 2.24) is 24.7 Å². The Morgan fingerprint density at radius 2 is 1.78 bits per heavy atom. The van der Waals surface area contributed by atoms with Crippen molar-refractivity contribution >= 4 is 11.5 Å². The Morgan fingerprint density at radius 1 is 1.00 bits per heavy atom. The van der Waals surface area contributed by atoms with E-state index in [1.165, 1.54) is 6.07 Å². The fraction of sp³-hybridized carbons (Fsp3) is 0.312. The zero-order valence-corrected chi connectivity index (χ0v) is 13.4. The maximum atomic E-state index is 14.0. The monoisotopic (exact) mass is 314 g/mol. The van der Waals surface area contributed by atoms with Crippen LogP contribution in [0.4, 0.5) is 10.2 Å². The van der Waals surface area contributed by atoms with E-state index in [2.05, 4.69) is 20.2 Å². The molecule has 0 saturated heterocycles. The normalized spacial score (nSPS) is 11.3. The zero-order chi connectivity index (χ0) is 16.4. The molecule has 6 nitrogen and oxygen atoms in total. The zero-order valence-electron chi connectivity index (χ0n) is 13.4. The van der Waals surface area contributed by atoms with Gasteiger partial charge in [-0.15, -0.1) is 15.3 Å². The highest BCUT2D eigenvalue weighted by Gasteiger charge is 2.14. The van der Waals surface area contributed by atoms with Crippen LogP contribution >= 0.6 is 0 Å². The minimum atomic E-state index is -0.338. The summed E-state index contributed by atoms with van der Waals surface area (Å²) < 4.78 is 15.6. The molecule has 120 valence electrons. The number of hydrogen-bond acceptors (Lipinski definition) is 5. The Balaban J connectivity index is 1.99. The molecular weight excluding hydrogens is 295 g/mol. The molecule has 3 aromatic rings. The first-order valence-electron chi connectivity index (χ1n) is 7.39. The lowest BCUT2D eigenvalue weighted by Crippen LogP contribution is -2.29. The van der Waals surface area contributed by atoms with E-state index in [0.29, 0.717) is 17.0 Å². The average molecular weight is 314 g/mol. The van der Waals surface area contributed by atoms with E-state index in [9.17, 15) is 4.39 Å². The summed E-state index contributed by atoms with van der Waals surface area (Å²) in [5.41, 5.74) is 0.980. The number of aromatic nitrogens is 4. The number of halogens is 1. The molecule has 0 saturated carbocycles. The molecule has 0 N–H and O–H groups in total. The first-order valence-corrected chi connectivity index (χ1v) is 7.39. The van der Waals surface area contributed by atoms with Gasteiger partial charge in [0, 0.05) is 20.1 Å². The van der Waals surface area contributed by atoms with E-state index in [1.807, 2.05) is 38.2 Å². The summed E-state index contributed by atoms with van der Waals surface area (Å²) in [5.74, 6) is 0.854. The lowest BCUT2D eigenvalue weighted by atomic mass is 10.2. The molecule has 2 aromatic heterocycles. The van der Waals surface area contributed by atoms with Crippen LogP contribution in [0.2, 0.25) is 0 Å². The van der Waals surface area contributed by atoms with Gasteiger partial charge in [-0.05, 0) is 38.4 Å². The van der Waals surface area contributed by atoms with Crippen LogP contribution in [0.15, 0.2) is 36.4 Å². The summed E-state index contributed by atoms with van der Waals surface area (Å²) in [6.45, 7) is 1.75. The molecule has 0 atom stereocenters. The first-order chi connectivity index (χ1) is 11.1. The smallest absolute Gasteiger partial charge is 0.188 e. The van der Waals surface area contributed by atoms with Gasteiger partial charge < -0.3 is 9.80 Å². The fourth-order valence-corrected chi connectivity index (χ4v) is 2.26. The Hall–Kier alpha value is -2.54. The molecule has 0 aliphatic carbocycles. The quantitative estimate of drug-likeness (QED) is 0.720. The van der Waals surface area contributed by atoms with Gasteiger partial charge >= 0.3 is 0 Å². The van der Waals surface area contributed by atoms with Gasteiger partial charge in [0.1, 0.15) is 11.6 Å². The van der Waals surface area contributed by atoms with Gasteiger partial charge in [-0.1, -0.05) is 12.1 Å². The molecule has 0 radical (unpaired) electrons. The second kappa shape index (κ2) is 6.29. The largest absolute Gasteiger partial charge is 0.357 e. The van der Waals surface area contributed by atoms with Crippen LogP contribution in [0.1, 0.15) is 0 Å². The Kier molecular flexibility index (Phi) is 4.20. The van der Waals surface area contributed by atoms with Crippen molar-refractivity contribution in [3.63, 3.8) is 0 Å². The van der Waals surface area contributed by atoms with Crippen molar-refractivity contribution in [1.29, 1.82) is 0 Å². The summed E-state index contributed by atoms with van der Waals surface area (Å²) >= 11 is 0. The molecule has 0 bridgehead atoms. The Bertz CT molecular complexity index is 813. The summed E-state index contributed by atoms with van der Waals surface area (Å²) in [4.78, 5) is 4.16. The van der Waals surface area contributed by atoms with Gasteiger partial charge in [-0.2, -0.15) is 4.52 Å². The molecule has 0 unspecified atom stereocenters. The van der Waals surface area contributed by atoms with E-state index in [4.69, 9.17) is 0 Å². The topological polar surface area (TPSA) is 49.6 Å². The minimum Gasteiger partial charge on any atom is -0.357 e. The SMILES string of the molecule is CN(C)CCN(C)c1ccc2nnc(-c3ccccc3F)n2n1. The third-order valence-electron chi connectivity index (χ3n) is 3.64. The fourth-order valence-electron chi connectivity index (χ4n) is 2.26. The van der Waals surface area contributed by atoms with Crippen LogP contribution in [0, 0.1) is 5.82 Å². The third kappa shape index (κ3) is 3.14. The molecule has 7 heteroatoms. The maximum Gasteiger partial charge on any atom is 0.188 e. The first kappa shape index (κ1) is 15.4. The third-order valence-corrected chi connectivity index (χ3v) is 3.64. The molecule has 0 fully saturated rings. The van der Waals surface area contributed by atoms with Crippen LogP contribution in [0.5, 0.6) is 0 Å². The van der Waals surface area contributed by atoms with Gasteiger partial charge in [-0.25, -0.2) is 4.39 Å². The second-order valence-electron chi connectivity index (χ2n) is 5.69. The number of hydrogen-bond donors (Lipinski definition) is 0. The van der Waals surface area contributed by atoms with Crippen LogP contribution < -0.4 is 4.90 Å². The Morgan fingerprint density at radius 3 is 2.52 bits per heavy atom. The maximum absolute atomic E-state index is 14.0. The summed E-state index contributed by atoms with van der Waals surface area (Å²) in [6, 6.07) is 10.2. The van der Waals surface area contributed by atoms with Crippen LogP contribution in [-0.2, 0) is 0 Å². The van der Waals surface area contributed by atoms with Crippen molar-refractivity contribution in [3.8, 4) is 11.4 Å². The van der Waals surface area contributed by atoms with Crippen LogP contribution in [-0.4, -0.2) is 58.9 Å². The summed E-state index contributed by atoms with van der Waals surface area (Å²) in [7, 11) is 6.03. The highest BCUT2D eigenvalue weighted by molar-refractivity contribution is 5.60. The number of benzene rings is 1. The number of anilines is 1. The standard InChI is InChI=1S/C16H19FN6/c1-21(2)10-11-22(3)15-9-8-14-18-19-16(23(14)20-15)12-6-4-5-7-13(12)17/h4-9H,10-11H2,1-3H3. The highest BCUT2D eigenvalue weighted by Crippen LogP contribution is 2.21. The van der Waals surface area contributed by atoms with E-state index >= 15 is 0 Å². The van der Waals surface area contributed by atoms with Gasteiger partial charge in [0.25, 0.3) is 0 Å². The molecule has 2 heterocycles. The molecule has 1 aromatic carbocycles. The molecule has 0 aliphatic heterocycles. The molecule has 0 aliphatic rings. The van der Waals surface area contributed by atoms with Crippen molar-refractivity contribution in [2.75, 3.05) is 39.1 Å². The molecule has 0 amide bonds. The lowest BCUT2D eigenvalue weighted by molar-refractivity contribution is 0.416. The average Bonchev–Trinajstić information content (AvgIpc) is 2.96. The van der Waals surface area contributed by atoms with Gasteiger partial charge in [-0.3, -0.25) is 0 Å². The number of fused-ring (bicyclic) bond motifs is 1. The molecule has 3 rings (SSSR count).